The third-order valence-electron chi connectivity index (χ3n) is 5.93. The van der Waals surface area contributed by atoms with Gasteiger partial charge in [-0.2, -0.15) is 13.2 Å². The van der Waals surface area contributed by atoms with E-state index in [0.717, 1.165) is 22.7 Å². The van der Waals surface area contributed by atoms with Gasteiger partial charge in [0.2, 0.25) is 0 Å². The molecule has 11 heteroatoms. The molecule has 180 valence electrons. The second-order valence-corrected chi connectivity index (χ2v) is 9.40. The molecular formula is C24H20F3N5O2S. The van der Waals surface area contributed by atoms with Crippen molar-refractivity contribution in [2.45, 2.75) is 33.1 Å². The van der Waals surface area contributed by atoms with Crippen LogP contribution >= 0.6 is 11.3 Å². The lowest BCUT2D eigenvalue weighted by atomic mass is 10.1. The Morgan fingerprint density at radius 2 is 1.77 bits per heavy atom. The maximum absolute atomic E-state index is 13.2. The van der Waals surface area contributed by atoms with Crippen LogP contribution in [0.3, 0.4) is 0 Å². The van der Waals surface area contributed by atoms with E-state index in [4.69, 9.17) is 0 Å². The van der Waals surface area contributed by atoms with E-state index in [1.165, 1.54) is 28.0 Å². The minimum absolute atomic E-state index is 0.258. The van der Waals surface area contributed by atoms with Crippen LogP contribution in [0.4, 0.5) is 13.2 Å². The third kappa shape index (κ3) is 4.27. The number of nitrogens with zero attached hydrogens (tertiary/aromatic N) is 5. The topological polar surface area (TPSA) is 73.0 Å². The van der Waals surface area contributed by atoms with Gasteiger partial charge in [-0.1, -0.05) is 12.1 Å². The lowest BCUT2D eigenvalue weighted by Gasteiger charge is -2.29. The maximum Gasteiger partial charge on any atom is 0.416 e. The average molecular weight is 500 g/mol. The summed E-state index contributed by atoms with van der Waals surface area (Å²) in [6.07, 6.45) is -1.08. The van der Waals surface area contributed by atoms with Crippen molar-refractivity contribution < 1.29 is 18.0 Å². The summed E-state index contributed by atoms with van der Waals surface area (Å²) in [5, 5.41) is 0.590. The van der Waals surface area contributed by atoms with E-state index < -0.39 is 11.7 Å². The van der Waals surface area contributed by atoms with Crippen molar-refractivity contribution >= 4 is 17.2 Å². The van der Waals surface area contributed by atoms with Gasteiger partial charge in [0.1, 0.15) is 16.4 Å². The fourth-order valence-corrected chi connectivity index (χ4v) is 5.12. The van der Waals surface area contributed by atoms with Gasteiger partial charge in [-0.3, -0.25) is 9.59 Å². The van der Waals surface area contributed by atoms with E-state index in [1.54, 1.807) is 34.1 Å². The highest BCUT2D eigenvalue weighted by Crippen LogP contribution is 2.33. The number of aromatic nitrogens is 4. The number of pyridine rings is 1. The Morgan fingerprint density at radius 1 is 1.03 bits per heavy atom. The molecular weight excluding hydrogens is 479 g/mol. The van der Waals surface area contributed by atoms with Crippen LogP contribution in [-0.4, -0.2) is 36.5 Å². The molecule has 0 bridgehead atoms. The molecule has 1 amide bonds. The largest absolute Gasteiger partial charge is 0.416 e. The number of carbonyl (C=O) groups is 1. The first-order chi connectivity index (χ1) is 16.6. The second-order valence-electron chi connectivity index (χ2n) is 8.31. The number of alkyl halides is 3. The number of rotatable bonds is 4. The van der Waals surface area contributed by atoms with E-state index in [1.807, 2.05) is 13.8 Å². The van der Waals surface area contributed by atoms with E-state index in [0.29, 0.717) is 47.3 Å². The predicted molar refractivity (Wildman–Crippen MR) is 125 cm³/mol. The summed E-state index contributed by atoms with van der Waals surface area (Å²) in [4.78, 5) is 37.3. The van der Waals surface area contributed by atoms with Crippen molar-refractivity contribution in [1.82, 2.24) is 24.0 Å². The monoisotopic (exact) mass is 499 g/mol. The van der Waals surface area contributed by atoms with Crippen molar-refractivity contribution in [1.29, 1.82) is 0 Å². The fraction of sp³-hybridized carbons (Fsp3) is 0.250. The Bertz CT molecular complexity index is 1480. The molecule has 3 aromatic heterocycles. The lowest BCUT2D eigenvalue weighted by Crippen LogP contribution is -2.44. The number of hydrogen-bond acceptors (Lipinski definition) is 5. The summed E-state index contributed by atoms with van der Waals surface area (Å²) in [6.45, 7) is 4.65. The summed E-state index contributed by atoms with van der Waals surface area (Å²) in [5.74, 6) is -0.259. The zero-order valence-corrected chi connectivity index (χ0v) is 19.7. The standard InChI is InChI=1S/C24H20F3N5O2S/c1-14-11-31(13-28-14)18-7-8-19-22(33)30(9-10-32(19)23(18)34)12-20-15(2)29-21(35-20)16-3-5-17(6-4-16)24(25,26)27/h3-8,11,13H,9-10,12H2,1-2H3. The molecule has 0 N–H and O–H groups in total. The van der Waals surface area contributed by atoms with E-state index >= 15 is 0 Å². The van der Waals surface area contributed by atoms with Crippen LogP contribution in [0.1, 0.15) is 32.3 Å². The molecule has 0 spiro atoms. The molecule has 0 radical (unpaired) electrons. The number of aryl methyl sites for hydroxylation is 2. The van der Waals surface area contributed by atoms with Crippen LogP contribution in [0, 0.1) is 13.8 Å². The van der Waals surface area contributed by atoms with Gasteiger partial charge in [-0.05, 0) is 38.1 Å². The first-order valence-corrected chi connectivity index (χ1v) is 11.6. The molecule has 0 atom stereocenters. The summed E-state index contributed by atoms with van der Waals surface area (Å²) in [5.41, 5.74) is 1.85. The minimum Gasteiger partial charge on any atom is -0.330 e. The number of carbonyl (C=O) groups excluding carboxylic acids is 1. The second kappa shape index (κ2) is 8.49. The van der Waals surface area contributed by atoms with Crippen LogP contribution < -0.4 is 5.56 Å². The maximum atomic E-state index is 13.2. The number of hydrogen-bond donors (Lipinski definition) is 0. The fourth-order valence-electron chi connectivity index (χ4n) is 4.03. The third-order valence-corrected chi connectivity index (χ3v) is 7.12. The smallest absolute Gasteiger partial charge is 0.330 e. The molecule has 1 aliphatic heterocycles. The Hall–Kier alpha value is -3.73. The molecule has 4 heterocycles. The van der Waals surface area contributed by atoms with Gasteiger partial charge in [0.25, 0.3) is 11.5 Å². The van der Waals surface area contributed by atoms with Gasteiger partial charge >= 0.3 is 6.18 Å². The molecule has 0 unspecified atom stereocenters. The molecule has 0 saturated heterocycles. The number of fused-ring (bicyclic) bond motifs is 1. The molecule has 1 aromatic carbocycles. The SMILES string of the molecule is Cc1cn(-c2ccc3n(c2=O)CCN(Cc2sc(-c4ccc(C(F)(F)F)cc4)nc2C)C3=O)cn1. The van der Waals surface area contributed by atoms with Crippen molar-refractivity contribution in [3.05, 3.63) is 86.8 Å². The molecule has 1 aliphatic rings. The summed E-state index contributed by atoms with van der Waals surface area (Å²) in [6, 6.07) is 8.14. The van der Waals surface area contributed by atoms with Gasteiger partial charge in [0, 0.05) is 29.7 Å². The molecule has 5 rings (SSSR count). The first-order valence-electron chi connectivity index (χ1n) is 10.8. The normalized spacial score (nSPS) is 13.9. The Labute approximate surface area is 202 Å². The predicted octanol–water partition coefficient (Wildman–Crippen LogP) is 4.45. The molecule has 35 heavy (non-hydrogen) atoms. The first kappa shape index (κ1) is 23.0. The van der Waals surface area contributed by atoms with E-state index in [-0.39, 0.29) is 11.5 Å². The zero-order chi connectivity index (χ0) is 24.9. The van der Waals surface area contributed by atoms with Crippen LogP contribution in [0.2, 0.25) is 0 Å². The van der Waals surface area contributed by atoms with E-state index in [2.05, 4.69) is 9.97 Å². The van der Waals surface area contributed by atoms with Crippen LogP contribution in [0.5, 0.6) is 0 Å². The number of amides is 1. The van der Waals surface area contributed by atoms with Crippen molar-refractivity contribution in [2.75, 3.05) is 6.54 Å². The Kier molecular flexibility index (Phi) is 5.59. The average Bonchev–Trinajstić information content (AvgIpc) is 3.41. The molecule has 4 aromatic rings. The Morgan fingerprint density at radius 3 is 2.43 bits per heavy atom. The summed E-state index contributed by atoms with van der Waals surface area (Å²) in [7, 11) is 0. The summed E-state index contributed by atoms with van der Waals surface area (Å²) < 4.78 is 41.7. The van der Waals surface area contributed by atoms with Crippen LogP contribution in [0.25, 0.3) is 16.3 Å². The van der Waals surface area contributed by atoms with Gasteiger partial charge < -0.3 is 14.0 Å². The lowest BCUT2D eigenvalue weighted by molar-refractivity contribution is -0.137. The number of benzene rings is 1. The molecule has 0 aliphatic carbocycles. The quantitative estimate of drug-likeness (QED) is 0.416. The number of imidazole rings is 1. The summed E-state index contributed by atoms with van der Waals surface area (Å²) >= 11 is 1.34. The number of thiazole rings is 1. The number of halogens is 3. The molecule has 7 nitrogen and oxygen atoms in total. The minimum atomic E-state index is -4.39. The Balaban J connectivity index is 1.37. The van der Waals surface area contributed by atoms with Crippen LogP contribution in [0.15, 0.2) is 53.7 Å². The van der Waals surface area contributed by atoms with Crippen molar-refractivity contribution in [2.24, 2.45) is 0 Å². The van der Waals surface area contributed by atoms with Gasteiger partial charge in [0.15, 0.2) is 0 Å². The van der Waals surface area contributed by atoms with Gasteiger partial charge in [-0.25, -0.2) is 9.97 Å². The zero-order valence-electron chi connectivity index (χ0n) is 18.8. The highest BCUT2D eigenvalue weighted by atomic mass is 32.1. The highest BCUT2D eigenvalue weighted by Gasteiger charge is 2.30. The molecule has 0 fully saturated rings. The highest BCUT2D eigenvalue weighted by molar-refractivity contribution is 7.15. The van der Waals surface area contributed by atoms with Crippen molar-refractivity contribution in [3.63, 3.8) is 0 Å². The van der Waals surface area contributed by atoms with Crippen molar-refractivity contribution in [3.8, 4) is 16.3 Å². The van der Waals surface area contributed by atoms with Gasteiger partial charge in [-0.15, -0.1) is 11.3 Å². The van der Waals surface area contributed by atoms with Gasteiger partial charge in [0.05, 0.1) is 29.8 Å². The van der Waals surface area contributed by atoms with Crippen LogP contribution in [-0.2, 0) is 19.3 Å². The molecule has 0 saturated carbocycles. The van der Waals surface area contributed by atoms with E-state index in [9.17, 15) is 22.8 Å².